The minimum atomic E-state index is -0.299. The zero-order valence-electron chi connectivity index (χ0n) is 13.7. The predicted molar refractivity (Wildman–Crippen MR) is 98.3 cm³/mol. The summed E-state index contributed by atoms with van der Waals surface area (Å²) in [7, 11) is 0. The molecule has 0 aliphatic carbocycles. The van der Waals surface area contributed by atoms with E-state index in [4.69, 9.17) is 0 Å². The van der Waals surface area contributed by atoms with Gasteiger partial charge in [-0.25, -0.2) is 0 Å². The van der Waals surface area contributed by atoms with Gasteiger partial charge in [-0.15, -0.1) is 0 Å². The third-order valence-electron chi connectivity index (χ3n) is 3.49. The molecular weight excluding hydrogens is 370 g/mol. The Kier molecular flexibility index (Phi) is 6.49. The van der Waals surface area contributed by atoms with Crippen molar-refractivity contribution in [3.63, 3.8) is 0 Å². The molecule has 1 aromatic heterocycles. The summed E-state index contributed by atoms with van der Waals surface area (Å²) >= 11 is 3.42. The van der Waals surface area contributed by atoms with Crippen molar-refractivity contribution in [1.29, 1.82) is 0 Å². The number of nitrogens with zero attached hydrogens (tertiary/aromatic N) is 1. The lowest BCUT2D eigenvalue weighted by atomic mass is 10.1. The molecule has 2 N–H and O–H groups in total. The van der Waals surface area contributed by atoms with Crippen molar-refractivity contribution < 1.29 is 9.59 Å². The maximum absolute atomic E-state index is 12.4. The van der Waals surface area contributed by atoms with E-state index >= 15 is 0 Å². The third-order valence-corrected chi connectivity index (χ3v) is 4.38. The van der Waals surface area contributed by atoms with Gasteiger partial charge in [0.15, 0.2) is 0 Å². The minimum Gasteiger partial charge on any atom is -0.352 e. The molecule has 126 valence electrons. The first-order chi connectivity index (χ1) is 11.5. The van der Waals surface area contributed by atoms with Crippen LogP contribution in [0.4, 0.5) is 5.69 Å². The summed E-state index contributed by atoms with van der Waals surface area (Å²) in [4.78, 5) is 28.4. The second kappa shape index (κ2) is 8.59. The van der Waals surface area contributed by atoms with Crippen LogP contribution in [-0.2, 0) is 0 Å². The van der Waals surface area contributed by atoms with Crippen LogP contribution in [0.2, 0.25) is 0 Å². The van der Waals surface area contributed by atoms with Crippen molar-refractivity contribution in [3.8, 4) is 0 Å². The minimum absolute atomic E-state index is 0.218. The van der Waals surface area contributed by atoms with Gasteiger partial charge in [-0.3, -0.25) is 14.6 Å². The van der Waals surface area contributed by atoms with Gasteiger partial charge in [0.05, 0.1) is 11.1 Å². The van der Waals surface area contributed by atoms with Crippen molar-refractivity contribution in [2.75, 3.05) is 11.9 Å². The van der Waals surface area contributed by atoms with E-state index in [9.17, 15) is 9.59 Å². The molecule has 6 heteroatoms. The number of benzene rings is 1. The Balaban J connectivity index is 2.08. The molecule has 2 rings (SSSR count). The molecule has 1 heterocycles. The first-order valence-corrected chi connectivity index (χ1v) is 8.61. The molecule has 5 nitrogen and oxygen atoms in total. The summed E-state index contributed by atoms with van der Waals surface area (Å²) in [6, 6.07) is 7.11. The number of amides is 2. The van der Waals surface area contributed by atoms with Crippen molar-refractivity contribution >= 4 is 33.4 Å². The number of hydrogen-bond donors (Lipinski definition) is 2. The van der Waals surface area contributed by atoms with E-state index in [0.29, 0.717) is 23.4 Å². The lowest BCUT2D eigenvalue weighted by molar-refractivity contribution is 0.0953. The fraction of sp³-hybridized carbons (Fsp3) is 0.278. The lowest BCUT2D eigenvalue weighted by Crippen LogP contribution is -2.25. The highest BCUT2D eigenvalue weighted by molar-refractivity contribution is 9.10. The largest absolute Gasteiger partial charge is 0.352 e. The Morgan fingerprint density at radius 1 is 1.12 bits per heavy atom. The second-order valence-corrected chi connectivity index (χ2v) is 6.34. The van der Waals surface area contributed by atoms with Gasteiger partial charge in [-0.05, 0) is 43.2 Å². The maximum Gasteiger partial charge on any atom is 0.257 e. The highest BCUT2D eigenvalue weighted by atomic mass is 79.9. The van der Waals surface area contributed by atoms with Gasteiger partial charge in [0.25, 0.3) is 11.8 Å². The van der Waals surface area contributed by atoms with Crippen LogP contribution in [0.5, 0.6) is 0 Å². The highest BCUT2D eigenvalue weighted by Crippen LogP contribution is 2.20. The van der Waals surface area contributed by atoms with E-state index in [2.05, 4.69) is 38.5 Å². The standard InChI is InChI=1S/C18H20BrN3O2/c1-3-4-7-21-17(23)13-9-14(11-20-10-13)18(24)22-15-5-6-16(19)12(2)8-15/h5-6,8-11H,3-4,7H2,1-2H3,(H,21,23)(H,22,24). The predicted octanol–water partition coefficient (Wildman–Crippen LogP) is 3.93. The van der Waals surface area contributed by atoms with Crippen molar-refractivity contribution in [3.05, 3.63) is 57.8 Å². The van der Waals surface area contributed by atoms with Crippen LogP contribution in [0.25, 0.3) is 0 Å². The second-order valence-electron chi connectivity index (χ2n) is 5.49. The molecule has 0 aliphatic rings. The van der Waals surface area contributed by atoms with Gasteiger partial charge < -0.3 is 10.6 Å². The fourth-order valence-electron chi connectivity index (χ4n) is 2.09. The highest BCUT2D eigenvalue weighted by Gasteiger charge is 2.11. The SMILES string of the molecule is CCCCNC(=O)c1cncc(C(=O)Nc2ccc(Br)c(C)c2)c1. The molecule has 2 aromatic rings. The number of unbranched alkanes of at least 4 members (excludes halogenated alkanes) is 1. The summed E-state index contributed by atoms with van der Waals surface area (Å²) < 4.78 is 0.980. The van der Waals surface area contributed by atoms with E-state index in [1.54, 1.807) is 6.07 Å². The zero-order chi connectivity index (χ0) is 17.5. The van der Waals surface area contributed by atoms with Crippen LogP contribution >= 0.6 is 15.9 Å². The molecule has 0 aliphatic heterocycles. The maximum atomic E-state index is 12.4. The summed E-state index contributed by atoms with van der Waals surface area (Å²) in [6.45, 7) is 4.62. The van der Waals surface area contributed by atoms with Crippen molar-refractivity contribution in [2.45, 2.75) is 26.7 Å². The molecule has 24 heavy (non-hydrogen) atoms. The summed E-state index contributed by atoms with van der Waals surface area (Å²) in [5.41, 5.74) is 2.44. The fourth-order valence-corrected chi connectivity index (χ4v) is 2.34. The normalized spacial score (nSPS) is 10.3. The van der Waals surface area contributed by atoms with Crippen molar-refractivity contribution in [1.82, 2.24) is 10.3 Å². The first-order valence-electron chi connectivity index (χ1n) is 7.82. The molecule has 0 atom stereocenters. The molecule has 1 aromatic carbocycles. The number of aryl methyl sites for hydroxylation is 1. The molecule has 0 fully saturated rings. The third kappa shape index (κ3) is 4.89. The van der Waals surface area contributed by atoms with Crippen molar-refractivity contribution in [2.24, 2.45) is 0 Å². The number of aromatic nitrogens is 1. The van der Waals surface area contributed by atoms with E-state index in [-0.39, 0.29) is 11.8 Å². The van der Waals surface area contributed by atoms with Gasteiger partial charge in [-0.2, -0.15) is 0 Å². The van der Waals surface area contributed by atoms with Crippen LogP contribution in [0.1, 0.15) is 46.0 Å². The molecular formula is C18H20BrN3O2. The summed E-state index contributed by atoms with van der Waals surface area (Å²) in [5.74, 6) is -0.516. The first kappa shape index (κ1) is 18.1. The molecule has 0 bridgehead atoms. The van der Waals surface area contributed by atoms with Crippen LogP contribution in [0.3, 0.4) is 0 Å². The molecule has 0 saturated carbocycles. The van der Waals surface area contributed by atoms with E-state index in [0.717, 1.165) is 22.9 Å². The van der Waals surface area contributed by atoms with Gasteiger partial charge in [0.1, 0.15) is 0 Å². The van der Waals surface area contributed by atoms with Crippen LogP contribution in [-0.4, -0.2) is 23.3 Å². The Morgan fingerprint density at radius 3 is 2.50 bits per heavy atom. The average Bonchev–Trinajstić information content (AvgIpc) is 2.58. The number of carbonyl (C=O) groups excluding carboxylic acids is 2. The molecule has 0 radical (unpaired) electrons. The summed E-state index contributed by atoms with van der Waals surface area (Å²) in [5, 5.41) is 5.63. The van der Waals surface area contributed by atoms with Gasteiger partial charge in [-0.1, -0.05) is 29.3 Å². The number of halogens is 1. The van der Waals surface area contributed by atoms with E-state index in [1.165, 1.54) is 12.4 Å². The Labute approximate surface area is 150 Å². The van der Waals surface area contributed by atoms with Crippen LogP contribution in [0.15, 0.2) is 41.1 Å². The van der Waals surface area contributed by atoms with E-state index < -0.39 is 0 Å². The van der Waals surface area contributed by atoms with Gasteiger partial charge in [0, 0.05) is 29.1 Å². The molecule has 2 amide bonds. The molecule has 0 unspecified atom stereocenters. The Bertz CT molecular complexity index is 747. The quantitative estimate of drug-likeness (QED) is 0.735. The Hall–Kier alpha value is -2.21. The number of carbonyl (C=O) groups is 2. The number of pyridine rings is 1. The molecule has 0 spiro atoms. The van der Waals surface area contributed by atoms with Gasteiger partial charge >= 0.3 is 0 Å². The topological polar surface area (TPSA) is 71.1 Å². The Morgan fingerprint density at radius 2 is 1.83 bits per heavy atom. The van der Waals surface area contributed by atoms with Gasteiger partial charge in [0.2, 0.25) is 0 Å². The zero-order valence-corrected chi connectivity index (χ0v) is 15.3. The average molecular weight is 390 g/mol. The van der Waals surface area contributed by atoms with Crippen LogP contribution in [0, 0.1) is 6.92 Å². The number of anilines is 1. The monoisotopic (exact) mass is 389 g/mol. The number of nitrogens with one attached hydrogen (secondary N) is 2. The summed E-state index contributed by atoms with van der Waals surface area (Å²) in [6.07, 6.45) is 4.83. The number of hydrogen-bond acceptors (Lipinski definition) is 3. The molecule has 0 saturated heterocycles. The number of rotatable bonds is 6. The van der Waals surface area contributed by atoms with Crippen LogP contribution < -0.4 is 10.6 Å². The smallest absolute Gasteiger partial charge is 0.257 e. The van der Waals surface area contributed by atoms with E-state index in [1.807, 2.05) is 25.1 Å². The lowest BCUT2D eigenvalue weighted by Gasteiger charge is -2.08.